The second-order valence-electron chi connectivity index (χ2n) is 8.75. The third-order valence-electron chi connectivity index (χ3n) is 6.11. The number of aliphatic hydroxyl groups is 1. The van der Waals surface area contributed by atoms with E-state index < -0.39 is 11.6 Å². The molecule has 1 aromatic carbocycles. The number of allylic oxidation sites excluding steroid dienone is 3. The number of terminal acetylenes is 1. The smallest absolute Gasteiger partial charge is 0.271 e. The van der Waals surface area contributed by atoms with E-state index in [4.69, 9.17) is 16.6 Å². The average molecular weight is 528 g/mol. The molecule has 0 aliphatic heterocycles. The first-order chi connectivity index (χ1) is 18.2. The van der Waals surface area contributed by atoms with E-state index >= 15 is 0 Å². The lowest BCUT2D eigenvalue weighted by Crippen LogP contribution is -2.28. The molecule has 0 saturated heterocycles. The maximum atomic E-state index is 14.3. The van der Waals surface area contributed by atoms with Gasteiger partial charge >= 0.3 is 0 Å². The predicted octanol–water partition coefficient (Wildman–Crippen LogP) is 4.50. The van der Waals surface area contributed by atoms with Crippen molar-refractivity contribution in [1.29, 1.82) is 0 Å². The van der Waals surface area contributed by atoms with Crippen LogP contribution in [0, 0.1) is 36.3 Å². The molecule has 38 heavy (non-hydrogen) atoms. The van der Waals surface area contributed by atoms with Crippen LogP contribution in [0.15, 0.2) is 47.9 Å². The van der Waals surface area contributed by atoms with Crippen molar-refractivity contribution in [2.24, 2.45) is 23.3 Å². The molecule has 1 aromatic heterocycles. The van der Waals surface area contributed by atoms with Crippen LogP contribution in [0.25, 0.3) is 5.70 Å². The summed E-state index contributed by atoms with van der Waals surface area (Å²) < 4.78 is 28.6. The molecule has 2 atom stereocenters. The summed E-state index contributed by atoms with van der Waals surface area (Å²) in [7, 11) is 0. The Hall–Kier alpha value is -3.77. The van der Waals surface area contributed by atoms with Gasteiger partial charge in [0, 0.05) is 36.7 Å². The van der Waals surface area contributed by atoms with Gasteiger partial charge in [0.15, 0.2) is 0 Å². The van der Waals surface area contributed by atoms with Crippen molar-refractivity contribution < 1.29 is 18.7 Å². The Balaban J connectivity index is 0.00000172. The standard InChI is InChI=1S/C25H31F2N5O2.C2H6.C2H2/c1-14(2)15-7-8-16(21-12-30-13-22(32-21)25(34)31-9-4-10-33)24(29)17(15)11-20(28)23-18(26)5-3-6-19(23)27;2*1-2/h3,5-6,11-16,33H,4,7-10,28-29H2,1-2H3,(H,31,34);1-2H3;1-2H/b20-11-;;. The molecule has 9 heteroatoms. The summed E-state index contributed by atoms with van der Waals surface area (Å²) in [6.07, 6.45) is 14.4. The summed E-state index contributed by atoms with van der Waals surface area (Å²) in [6, 6.07) is 3.61. The van der Waals surface area contributed by atoms with Gasteiger partial charge in [0.05, 0.1) is 17.5 Å². The van der Waals surface area contributed by atoms with Gasteiger partial charge in [-0.15, -0.1) is 12.8 Å². The van der Waals surface area contributed by atoms with Crippen molar-refractivity contribution in [1.82, 2.24) is 15.3 Å². The summed E-state index contributed by atoms with van der Waals surface area (Å²) in [5.74, 6) is -1.93. The lowest BCUT2D eigenvalue weighted by atomic mass is 9.73. The fraction of sp³-hybridized carbons (Fsp3) is 0.414. The Morgan fingerprint density at radius 3 is 2.42 bits per heavy atom. The van der Waals surface area contributed by atoms with Crippen LogP contribution in [0.5, 0.6) is 0 Å². The summed E-state index contributed by atoms with van der Waals surface area (Å²) in [5.41, 5.74) is 14.3. The van der Waals surface area contributed by atoms with E-state index in [1.165, 1.54) is 12.3 Å². The Morgan fingerprint density at radius 1 is 1.21 bits per heavy atom. The summed E-state index contributed by atoms with van der Waals surface area (Å²) in [4.78, 5) is 21.0. The number of hydrogen-bond acceptors (Lipinski definition) is 6. The first-order valence-electron chi connectivity index (χ1n) is 12.7. The average Bonchev–Trinajstić information content (AvgIpc) is 2.92. The topological polar surface area (TPSA) is 127 Å². The van der Waals surface area contributed by atoms with Gasteiger partial charge in [0.2, 0.25) is 0 Å². The van der Waals surface area contributed by atoms with Crippen molar-refractivity contribution in [3.05, 3.63) is 76.5 Å². The molecular weight excluding hydrogens is 488 g/mol. The van der Waals surface area contributed by atoms with Crippen LogP contribution in [0.2, 0.25) is 0 Å². The van der Waals surface area contributed by atoms with E-state index in [-0.39, 0.29) is 47.2 Å². The minimum atomic E-state index is -0.743. The van der Waals surface area contributed by atoms with Gasteiger partial charge in [-0.2, -0.15) is 0 Å². The highest BCUT2D eigenvalue weighted by Crippen LogP contribution is 2.41. The fourth-order valence-corrected chi connectivity index (χ4v) is 4.31. The lowest BCUT2D eigenvalue weighted by Gasteiger charge is -2.33. The molecule has 206 valence electrons. The van der Waals surface area contributed by atoms with Crippen LogP contribution in [0.4, 0.5) is 8.78 Å². The molecule has 0 bridgehead atoms. The number of rotatable bonds is 8. The minimum absolute atomic E-state index is 0.0252. The van der Waals surface area contributed by atoms with Crippen LogP contribution in [0.3, 0.4) is 0 Å². The number of aliphatic hydroxyl groups excluding tert-OH is 1. The zero-order valence-electron chi connectivity index (χ0n) is 22.5. The number of nitrogens with one attached hydrogen (secondary N) is 1. The van der Waals surface area contributed by atoms with Gasteiger partial charge in [0.25, 0.3) is 5.91 Å². The highest BCUT2D eigenvalue weighted by molar-refractivity contribution is 5.91. The number of aromatic nitrogens is 2. The van der Waals surface area contributed by atoms with Crippen LogP contribution in [-0.4, -0.2) is 34.1 Å². The first kappa shape index (κ1) is 32.3. The van der Waals surface area contributed by atoms with Crippen molar-refractivity contribution in [3.8, 4) is 12.8 Å². The Morgan fingerprint density at radius 2 is 1.84 bits per heavy atom. The van der Waals surface area contributed by atoms with Crippen LogP contribution in [-0.2, 0) is 0 Å². The number of benzene rings is 1. The van der Waals surface area contributed by atoms with Crippen molar-refractivity contribution in [2.75, 3.05) is 13.2 Å². The molecule has 6 N–H and O–H groups in total. The van der Waals surface area contributed by atoms with E-state index in [2.05, 4.69) is 42.0 Å². The molecule has 7 nitrogen and oxygen atoms in total. The molecule has 1 aliphatic carbocycles. The maximum absolute atomic E-state index is 14.3. The molecule has 2 unspecified atom stereocenters. The first-order valence-corrected chi connectivity index (χ1v) is 12.7. The largest absolute Gasteiger partial charge is 0.401 e. The predicted molar refractivity (Wildman–Crippen MR) is 147 cm³/mol. The number of amides is 1. The second-order valence-corrected chi connectivity index (χ2v) is 8.75. The minimum Gasteiger partial charge on any atom is -0.401 e. The lowest BCUT2D eigenvalue weighted by molar-refractivity contribution is 0.0945. The number of nitrogens with two attached hydrogens (primary N) is 2. The van der Waals surface area contributed by atoms with Crippen LogP contribution < -0.4 is 16.8 Å². The molecule has 0 saturated carbocycles. The molecule has 3 rings (SSSR count). The number of hydrogen-bond donors (Lipinski definition) is 4. The van der Waals surface area contributed by atoms with E-state index in [1.807, 2.05) is 13.8 Å². The normalized spacial score (nSPS) is 17.2. The second kappa shape index (κ2) is 16.2. The maximum Gasteiger partial charge on any atom is 0.271 e. The van der Waals surface area contributed by atoms with E-state index in [9.17, 15) is 13.6 Å². The Bertz CT molecular complexity index is 1120. The molecule has 0 spiro atoms. The molecule has 2 aromatic rings. The van der Waals surface area contributed by atoms with Gasteiger partial charge in [0.1, 0.15) is 17.3 Å². The quantitative estimate of drug-likeness (QED) is 0.296. The third-order valence-corrected chi connectivity index (χ3v) is 6.11. The fourth-order valence-electron chi connectivity index (χ4n) is 4.31. The zero-order chi connectivity index (χ0) is 28.8. The molecule has 0 radical (unpaired) electrons. The zero-order valence-corrected chi connectivity index (χ0v) is 22.5. The molecule has 0 fully saturated rings. The SMILES string of the molecule is C#C.CC.CC(C)C1CCC(c2cncc(C(=O)NCCCO)n2)C(N)=C1/C=C(\N)c1c(F)cccc1F. The van der Waals surface area contributed by atoms with Crippen molar-refractivity contribution in [3.63, 3.8) is 0 Å². The van der Waals surface area contributed by atoms with Gasteiger partial charge < -0.3 is 21.9 Å². The highest BCUT2D eigenvalue weighted by atomic mass is 19.1. The summed E-state index contributed by atoms with van der Waals surface area (Å²) in [6.45, 7) is 8.42. The number of nitrogens with zero attached hydrogens (tertiary/aromatic N) is 2. The van der Waals surface area contributed by atoms with Crippen molar-refractivity contribution in [2.45, 2.75) is 52.9 Å². The Kier molecular flexibility index (Phi) is 13.7. The molecule has 1 amide bonds. The van der Waals surface area contributed by atoms with E-state index in [0.29, 0.717) is 36.4 Å². The number of halogens is 2. The van der Waals surface area contributed by atoms with E-state index in [0.717, 1.165) is 18.6 Å². The van der Waals surface area contributed by atoms with Gasteiger partial charge in [-0.1, -0.05) is 33.8 Å². The number of carbonyl (C=O) groups is 1. The van der Waals surface area contributed by atoms with Crippen LogP contribution in [0.1, 0.15) is 74.6 Å². The summed E-state index contributed by atoms with van der Waals surface area (Å²) >= 11 is 0. The summed E-state index contributed by atoms with van der Waals surface area (Å²) in [5, 5.41) is 11.6. The third kappa shape index (κ3) is 8.12. The molecular formula is C29H39F2N5O2. The number of carbonyl (C=O) groups excluding carboxylic acids is 1. The van der Waals surface area contributed by atoms with Gasteiger partial charge in [-0.05, 0) is 54.9 Å². The Labute approximate surface area is 224 Å². The molecule has 1 heterocycles. The monoisotopic (exact) mass is 527 g/mol. The highest BCUT2D eigenvalue weighted by Gasteiger charge is 2.32. The van der Waals surface area contributed by atoms with Gasteiger partial charge in [-0.3, -0.25) is 9.78 Å². The molecule has 1 aliphatic rings. The van der Waals surface area contributed by atoms with Crippen LogP contribution >= 0.6 is 0 Å². The van der Waals surface area contributed by atoms with Gasteiger partial charge in [-0.25, -0.2) is 13.8 Å². The van der Waals surface area contributed by atoms with Crippen molar-refractivity contribution >= 4 is 11.6 Å². The van der Waals surface area contributed by atoms with E-state index in [1.54, 1.807) is 12.3 Å².